The first-order chi connectivity index (χ1) is 6.72. The average Bonchev–Trinajstić information content (AvgIpc) is 2.19. The van der Waals surface area contributed by atoms with E-state index in [2.05, 4.69) is 11.9 Å². The van der Waals surface area contributed by atoms with Gasteiger partial charge in [0.05, 0.1) is 12.3 Å². The lowest BCUT2D eigenvalue weighted by Gasteiger charge is -2.26. The highest BCUT2D eigenvalue weighted by molar-refractivity contribution is 5.42. The second-order valence-corrected chi connectivity index (χ2v) is 3.53. The van der Waals surface area contributed by atoms with Crippen molar-refractivity contribution < 1.29 is 9.47 Å². The quantitative estimate of drug-likeness (QED) is 0.685. The summed E-state index contributed by atoms with van der Waals surface area (Å²) >= 11 is 0. The second kappa shape index (κ2) is 3.58. The monoisotopic (exact) mass is 193 g/mol. The Bertz CT molecular complexity index is 349. The van der Waals surface area contributed by atoms with E-state index in [0.717, 1.165) is 23.4 Å². The Morgan fingerprint density at radius 3 is 3.07 bits per heavy atom. The number of hydrogen-bond acceptors (Lipinski definition) is 3. The first-order valence-electron chi connectivity index (χ1n) is 4.98. The van der Waals surface area contributed by atoms with Crippen molar-refractivity contribution in [1.29, 1.82) is 0 Å². The highest BCUT2D eigenvalue weighted by Gasteiger charge is 2.21. The predicted molar refractivity (Wildman–Crippen MR) is 53.2 cm³/mol. The minimum atomic E-state index is -0.157. The Kier molecular flexibility index (Phi) is 2.42. The molecule has 1 aromatic rings. The SMILES string of the molecule is CCc1cnc(C)c2c1COC(C)O2. The van der Waals surface area contributed by atoms with E-state index in [1.54, 1.807) is 0 Å². The average molecular weight is 193 g/mol. The molecule has 2 rings (SSSR count). The Labute approximate surface area is 84.1 Å². The fourth-order valence-electron chi connectivity index (χ4n) is 1.70. The number of hydrogen-bond donors (Lipinski definition) is 0. The van der Waals surface area contributed by atoms with Crippen molar-refractivity contribution in [2.75, 3.05) is 0 Å². The van der Waals surface area contributed by atoms with Crippen LogP contribution >= 0.6 is 0 Å². The normalized spacial score (nSPS) is 20.1. The van der Waals surface area contributed by atoms with Crippen LogP contribution in [0, 0.1) is 6.92 Å². The molecule has 0 aliphatic carbocycles. The molecule has 1 aliphatic rings. The molecule has 0 amide bonds. The summed E-state index contributed by atoms with van der Waals surface area (Å²) in [5, 5.41) is 0. The molecule has 1 atom stereocenters. The summed E-state index contributed by atoms with van der Waals surface area (Å²) in [6, 6.07) is 0. The lowest BCUT2D eigenvalue weighted by Crippen LogP contribution is -2.23. The number of aromatic nitrogens is 1. The first kappa shape index (κ1) is 9.46. The standard InChI is InChI=1S/C11H15NO2/c1-4-9-5-12-7(2)11-10(9)6-13-8(3)14-11/h5,8H,4,6H2,1-3H3. The lowest BCUT2D eigenvalue weighted by atomic mass is 10.1. The second-order valence-electron chi connectivity index (χ2n) is 3.53. The fourth-order valence-corrected chi connectivity index (χ4v) is 1.70. The van der Waals surface area contributed by atoms with Crippen LogP contribution in [-0.4, -0.2) is 11.3 Å². The van der Waals surface area contributed by atoms with Crippen LogP contribution in [0.3, 0.4) is 0 Å². The summed E-state index contributed by atoms with van der Waals surface area (Å²) in [4.78, 5) is 4.32. The molecular formula is C11H15NO2. The van der Waals surface area contributed by atoms with Crippen LogP contribution in [0.25, 0.3) is 0 Å². The van der Waals surface area contributed by atoms with Crippen molar-refractivity contribution in [3.8, 4) is 5.75 Å². The van der Waals surface area contributed by atoms with Crippen LogP contribution in [0.2, 0.25) is 0 Å². The van der Waals surface area contributed by atoms with Gasteiger partial charge in [-0.25, -0.2) is 0 Å². The largest absolute Gasteiger partial charge is 0.463 e. The third kappa shape index (κ3) is 1.48. The van der Waals surface area contributed by atoms with Gasteiger partial charge in [-0.3, -0.25) is 4.98 Å². The van der Waals surface area contributed by atoms with E-state index in [4.69, 9.17) is 9.47 Å². The van der Waals surface area contributed by atoms with Crippen LogP contribution in [0.1, 0.15) is 30.7 Å². The number of rotatable bonds is 1. The van der Waals surface area contributed by atoms with Crippen LogP contribution in [-0.2, 0) is 17.8 Å². The molecule has 0 saturated heterocycles. The van der Waals surface area contributed by atoms with Gasteiger partial charge in [0.25, 0.3) is 0 Å². The van der Waals surface area contributed by atoms with Gasteiger partial charge in [0.1, 0.15) is 5.75 Å². The molecular weight excluding hydrogens is 178 g/mol. The van der Waals surface area contributed by atoms with Crippen molar-refractivity contribution in [3.05, 3.63) is 23.0 Å². The van der Waals surface area contributed by atoms with Crippen molar-refractivity contribution in [3.63, 3.8) is 0 Å². The molecule has 0 bridgehead atoms. The van der Waals surface area contributed by atoms with Gasteiger partial charge in [0.15, 0.2) is 6.29 Å². The Hall–Kier alpha value is -1.09. The Morgan fingerprint density at radius 2 is 2.36 bits per heavy atom. The van der Waals surface area contributed by atoms with Crippen LogP contribution in [0.4, 0.5) is 0 Å². The van der Waals surface area contributed by atoms with Crippen LogP contribution < -0.4 is 4.74 Å². The van der Waals surface area contributed by atoms with Gasteiger partial charge in [-0.1, -0.05) is 6.92 Å². The van der Waals surface area contributed by atoms with Gasteiger partial charge in [-0.2, -0.15) is 0 Å². The number of pyridine rings is 1. The number of nitrogens with zero attached hydrogens (tertiary/aromatic N) is 1. The van der Waals surface area contributed by atoms with Crippen molar-refractivity contribution >= 4 is 0 Å². The molecule has 0 N–H and O–H groups in total. The van der Waals surface area contributed by atoms with E-state index in [0.29, 0.717) is 6.61 Å². The molecule has 1 aromatic heterocycles. The Morgan fingerprint density at radius 1 is 1.57 bits per heavy atom. The third-order valence-electron chi connectivity index (χ3n) is 2.53. The molecule has 0 saturated carbocycles. The number of aryl methyl sites for hydroxylation is 2. The lowest BCUT2D eigenvalue weighted by molar-refractivity contribution is -0.0954. The van der Waals surface area contributed by atoms with Gasteiger partial charge in [0, 0.05) is 11.8 Å². The zero-order valence-electron chi connectivity index (χ0n) is 8.83. The summed E-state index contributed by atoms with van der Waals surface area (Å²) in [7, 11) is 0. The minimum absolute atomic E-state index is 0.157. The van der Waals surface area contributed by atoms with E-state index in [1.165, 1.54) is 5.56 Å². The molecule has 14 heavy (non-hydrogen) atoms. The zero-order valence-corrected chi connectivity index (χ0v) is 8.83. The third-order valence-corrected chi connectivity index (χ3v) is 2.53. The van der Waals surface area contributed by atoms with Crippen LogP contribution in [0.15, 0.2) is 6.20 Å². The zero-order chi connectivity index (χ0) is 10.1. The van der Waals surface area contributed by atoms with Crippen molar-refractivity contribution in [1.82, 2.24) is 4.98 Å². The van der Waals surface area contributed by atoms with Gasteiger partial charge >= 0.3 is 0 Å². The van der Waals surface area contributed by atoms with Crippen LogP contribution in [0.5, 0.6) is 5.75 Å². The molecule has 0 fully saturated rings. The highest BCUT2D eigenvalue weighted by atomic mass is 16.7. The smallest absolute Gasteiger partial charge is 0.197 e. The van der Waals surface area contributed by atoms with E-state index in [-0.39, 0.29) is 6.29 Å². The molecule has 1 unspecified atom stereocenters. The molecule has 0 aromatic carbocycles. The van der Waals surface area contributed by atoms with Gasteiger partial charge < -0.3 is 9.47 Å². The molecule has 3 heteroatoms. The molecule has 0 spiro atoms. The fraction of sp³-hybridized carbons (Fsp3) is 0.545. The van der Waals surface area contributed by atoms with Crippen molar-refractivity contribution in [2.24, 2.45) is 0 Å². The maximum Gasteiger partial charge on any atom is 0.197 e. The maximum absolute atomic E-state index is 5.62. The molecule has 76 valence electrons. The first-order valence-corrected chi connectivity index (χ1v) is 4.98. The predicted octanol–water partition coefficient (Wildman–Crippen LogP) is 2.21. The van der Waals surface area contributed by atoms with Gasteiger partial charge in [-0.05, 0) is 25.8 Å². The summed E-state index contributed by atoms with van der Waals surface area (Å²) < 4.78 is 11.1. The molecule has 1 aliphatic heterocycles. The van der Waals surface area contributed by atoms with Gasteiger partial charge in [0.2, 0.25) is 0 Å². The van der Waals surface area contributed by atoms with Crippen molar-refractivity contribution in [2.45, 2.75) is 40.1 Å². The van der Waals surface area contributed by atoms with E-state index in [1.807, 2.05) is 20.0 Å². The number of fused-ring (bicyclic) bond motifs is 1. The summed E-state index contributed by atoms with van der Waals surface area (Å²) in [6.45, 7) is 6.63. The Balaban J connectivity index is 2.49. The van der Waals surface area contributed by atoms with E-state index in [9.17, 15) is 0 Å². The van der Waals surface area contributed by atoms with E-state index >= 15 is 0 Å². The topological polar surface area (TPSA) is 31.4 Å². The maximum atomic E-state index is 5.62. The summed E-state index contributed by atoms with van der Waals surface area (Å²) in [5.41, 5.74) is 3.34. The minimum Gasteiger partial charge on any atom is -0.463 e. The highest BCUT2D eigenvalue weighted by Crippen LogP contribution is 2.31. The molecule has 3 nitrogen and oxygen atoms in total. The van der Waals surface area contributed by atoms with Gasteiger partial charge in [-0.15, -0.1) is 0 Å². The number of ether oxygens (including phenoxy) is 2. The molecule has 0 radical (unpaired) electrons. The summed E-state index contributed by atoms with van der Waals surface area (Å²) in [5.74, 6) is 0.920. The summed E-state index contributed by atoms with van der Waals surface area (Å²) in [6.07, 6.45) is 2.73. The molecule has 2 heterocycles. The van der Waals surface area contributed by atoms with E-state index < -0.39 is 0 Å².